The van der Waals surface area contributed by atoms with Crippen molar-refractivity contribution in [3.63, 3.8) is 0 Å². The number of oxazole rings is 1. The Morgan fingerprint density at radius 3 is 2.15 bits per heavy atom. The molecule has 2 aromatic carbocycles. The van der Waals surface area contributed by atoms with Crippen LogP contribution in [0.4, 0.5) is 0 Å². The van der Waals surface area contributed by atoms with Crippen molar-refractivity contribution < 1.29 is 22.8 Å². The molecular formula is C24H25ClN2O5S. The normalized spacial score (nSPS) is 15.9. The zero-order chi connectivity index (χ0) is 23.8. The van der Waals surface area contributed by atoms with Gasteiger partial charge < -0.3 is 4.42 Å². The molecule has 0 radical (unpaired) electrons. The Bertz CT molecular complexity index is 1260. The van der Waals surface area contributed by atoms with Crippen molar-refractivity contribution in [1.29, 1.82) is 0 Å². The van der Waals surface area contributed by atoms with Gasteiger partial charge in [0.15, 0.2) is 15.6 Å². The Morgan fingerprint density at radius 2 is 1.61 bits per heavy atom. The maximum absolute atomic E-state index is 13.1. The van der Waals surface area contributed by atoms with E-state index < -0.39 is 21.2 Å². The number of halogens is 1. The summed E-state index contributed by atoms with van der Waals surface area (Å²) in [4.78, 5) is 18.1. The molecule has 1 aliphatic rings. The summed E-state index contributed by atoms with van der Waals surface area (Å²) in [6, 6.07) is 13.5. The zero-order valence-electron chi connectivity index (χ0n) is 18.4. The molecule has 174 valence electrons. The number of hydroxylamine groups is 2. The average molecular weight is 489 g/mol. The van der Waals surface area contributed by atoms with Gasteiger partial charge in [-0.15, -0.1) is 0 Å². The van der Waals surface area contributed by atoms with Crippen LogP contribution in [-0.2, 0) is 20.0 Å². The van der Waals surface area contributed by atoms with Gasteiger partial charge in [0, 0.05) is 29.5 Å². The van der Waals surface area contributed by atoms with Crippen molar-refractivity contribution in [2.45, 2.75) is 42.4 Å². The molecule has 0 atom stereocenters. The van der Waals surface area contributed by atoms with Crippen molar-refractivity contribution in [2.24, 2.45) is 0 Å². The maximum Gasteiger partial charge on any atom is 0.261 e. The lowest BCUT2D eigenvalue weighted by molar-refractivity contribution is -0.168. The fourth-order valence-electron chi connectivity index (χ4n) is 4.36. The summed E-state index contributed by atoms with van der Waals surface area (Å²) >= 11 is 6.06. The van der Waals surface area contributed by atoms with Crippen molar-refractivity contribution in [3.05, 3.63) is 59.4 Å². The molecule has 1 N–H and O–H groups in total. The highest BCUT2D eigenvalue weighted by Gasteiger charge is 2.47. The molecule has 0 unspecified atom stereocenters. The third-order valence-corrected chi connectivity index (χ3v) is 7.49. The van der Waals surface area contributed by atoms with Crippen LogP contribution in [0.5, 0.6) is 0 Å². The van der Waals surface area contributed by atoms with Crippen LogP contribution in [-0.4, -0.2) is 42.9 Å². The molecule has 0 bridgehead atoms. The van der Waals surface area contributed by atoms with Gasteiger partial charge in [-0.3, -0.25) is 10.0 Å². The van der Waals surface area contributed by atoms with Crippen molar-refractivity contribution in [2.75, 3.05) is 13.3 Å². The van der Waals surface area contributed by atoms with Crippen LogP contribution in [0.3, 0.4) is 0 Å². The monoisotopic (exact) mass is 488 g/mol. The standard InChI is InChI=1S/C24H25ClN2O5S/c1-27(29)23(28)24(14-4-3-5-15-24)22-26-20(16-6-10-18(25)11-7-16)21(32-22)17-8-12-19(13-9-17)33(2,30)31/h6-13,29H,3-5,14-15H2,1-2H3. The Labute approximate surface area is 197 Å². The number of rotatable bonds is 5. The van der Waals surface area contributed by atoms with Gasteiger partial charge in [-0.25, -0.2) is 18.5 Å². The van der Waals surface area contributed by atoms with E-state index in [1.807, 2.05) is 12.1 Å². The van der Waals surface area contributed by atoms with E-state index in [4.69, 9.17) is 21.0 Å². The Balaban J connectivity index is 1.90. The number of carbonyl (C=O) groups excluding carboxylic acids is 1. The third kappa shape index (κ3) is 4.55. The highest BCUT2D eigenvalue weighted by molar-refractivity contribution is 7.90. The number of amides is 1. The van der Waals surface area contributed by atoms with Gasteiger partial charge in [0.05, 0.1) is 4.90 Å². The van der Waals surface area contributed by atoms with Gasteiger partial charge in [0.25, 0.3) is 5.91 Å². The van der Waals surface area contributed by atoms with E-state index in [1.54, 1.807) is 24.3 Å². The predicted molar refractivity (Wildman–Crippen MR) is 125 cm³/mol. The van der Waals surface area contributed by atoms with Gasteiger partial charge in [-0.05, 0) is 49.2 Å². The maximum atomic E-state index is 13.1. The second kappa shape index (κ2) is 8.93. The van der Waals surface area contributed by atoms with Crippen LogP contribution < -0.4 is 0 Å². The molecule has 33 heavy (non-hydrogen) atoms. The minimum atomic E-state index is -3.35. The summed E-state index contributed by atoms with van der Waals surface area (Å²) < 4.78 is 30.0. The number of carbonyl (C=O) groups is 1. The predicted octanol–water partition coefficient (Wildman–Crippen LogP) is 5.12. The lowest BCUT2D eigenvalue weighted by Crippen LogP contribution is -2.45. The largest absolute Gasteiger partial charge is 0.439 e. The molecule has 1 aliphatic carbocycles. The van der Waals surface area contributed by atoms with Gasteiger partial charge >= 0.3 is 0 Å². The van der Waals surface area contributed by atoms with E-state index in [2.05, 4.69) is 0 Å². The highest BCUT2D eigenvalue weighted by atomic mass is 35.5. The first-order chi connectivity index (χ1) is 15.6. The summed E-state index contributed by atoms with van der Waals surface area (Å²) in [5.74, 6) is 0.219. The van der Waals surface area contributed by atoms with E-state index >= 15 is 0 Å². The zero-order valence-corrected chi connectivity index (χ0v) is 20.0. The molecule has 1 heterocycles. The van der Waals surface area contributed by atoms with Gasteiger partial charge in [0.2, 0.25) is 5.89 Å². The first-order valence-corrected chi connectivity index (χ1v) is 12.9. The van der Waals surface area contributed by atoms with Crippen molar-refractivity contribution >= 4 is 27.3 Å². The molecular weight excluding hydrogens is 464 g/mol. The second-order valence-electron chi connectivity index (χ2n) is 8.47. The first-order valence-electron chi connectivity index (χ1n) is 10.7. The fraction of sp³-hybridized carbons (Fsp3) is 0.333. The number of likely N-dealkylation sites (N-methyl/N-ethyl adjacent to an activating group) is 1. The Kier molecular flexibility index (Phi) is 6.35. The van der Waals surface area contributed by atoms with Gasteiger partial charge in [-0.1, -0.05) is 43.0 Å². The first kappa shape index (κ1) is 23.5. The van der Waals surface area contributed by atoms with E-state index in [1.165, 1.54) is 19.2 Å². The number of nitrogens with zero attached hydrogens (tertiary/aromatic N) is 2. The summed E-state index contributed by atoms with van der Waals surface area (Å²) in [5, 5.41) is 11.2. The fourth-order valence-corrected chi connectivity index (χ4v) is 5.12. The molecule has 4 rings (SSSR count). The second-order valence-corrected chi connectivity index (χ2v) is 10.9. The summed E-state index contributed by atoms with van der Waals surface area (Å²) in [5.41, 5.74) is 0.828. The minimum absolute atomic E-state index is 0.194. The van der Waals surface area contributed by atoms with Crippen LogP contribution in [0.2, 0.25) is 5.02 Å². The van der Waals surface area contributed by atoms with Crippen molar-refractivity contribution in [3.8, 4) is 22.6 Å². The molecule has 7 nitrogen and oxygen atoms in total. The minimum Gasteiger partial charge on any atom is -0.439 e. The Hall–Kier alpha value is -2.68. The van der Waals surface area contributed by atoms with Gasteiger partial charge in [0.1, 0.15) is 11.1 Å². The molecule has 1 fully saturated rings. The number of hydrogen-bond donors (Lipinski definition) is 1. The summed E-state index contributed by atoms with van der Waals surface area (Å²) in [6.07, 6.45) is 4.81. The van der Waals surface area contributed by atoms with Gasteiger partial charge in [-0.2, -0.15) is 0 Å². The van der Waals surface area contributed by atoms with E-state index in [0.717, 1.165) is 31.1 Å². The highest BCUT2D eigenvalue weighted by Crippen LogP contribution is 2.44. The summed E-state index contributed by atoms with van der Waals surface area (Å²) in [7, 11) is -2.04. The van der Waals surface area contributed by atoms with E-state index in [-0.39, 0.29) is 10.8 Å². The lowest BCUT2D eigenvalue weighted by atomic mass is 9.73. The summed E-state index contributed by atoms with van der Waals surface area (Å²) in [6.45, 7) is 0. The van der Waals surface area contributed by atoms with Crippen molar-refractivity contribution in [1.82, 2.24) is 10.0 Å². The smallest absolute Gasteiger partial charge is 0.261 e. The van der Waals surface area contributed by atoms with Crippen LogP contribution in [0, 0.1) is 0 Å². The van der Waals surface area contributed by atoms with Crippen LogP contribution in [0.15, 0.2) is 57.8 Å². The van der Waals surface area contributed by atoms with Crippen LogP contribution >= 0.6 is 11.6 Å². The molecule has 1 saturated carbocycles. The number of aromatic nitrogens is 1. The molecule has 0 saturated heterocycles. The molecule has 1 amide bonds. The number of benzene rings is 2. The van der Waals surface area contributed by atoms with E-state index in [9.17, 15) is 18.4 Å². The Morgan fingerprint density at radius 1 is 1.03 bits per heavy atom. The van der Waals surface area contributed by atoms with Crippen LogP contribution in [0.25, 0.3) is 22.6 Å². The van der Waals surface area contributed by atoms with Crippen LogP contribution in [0.1, 0.15) is 38.0 Å². The third-order valence-electron chi connectivity index (χ3n) is 6.11. The molecule has 1 aromatic heterocycles. The molecule has 3 aromatic rings. The average Bonchev–Trinajstić information content (AvgIpc) is 3.25. The number of sulfone groups is 1. The molecule has 0 spiro atoms. The number of hydrogen-bond acceptors (Lipinski definition) is 6. The SMILES string of the molecule is CN(O)C(=O)C1(c2nc(-c3ccc(Cl)cc3)c(-c3ccc(S(C)(=O)=O)cc3)o2)CCCCC1. The molecule has 0 aliphatic heterocycles. The topological polar surface area (TPSA) is 101 Å². The van der Waals surface area contributed by atoms with E-state index in [0.29, 0.717) is 39.9 Å². The quantitative estimate of drug-likeness (QED) is 0.395. The lowest BCUT2D eigenvalue weighted by Gasteiger charge is -2.34. The molecule has 9 heteroatoms.